The molecule has 1 aromatic heterocycles. The number of aromatic nitrogens is 2. The minimum atomic E-state index is -3.52. The predicted molar refractivity (Wildman–Crippen MR) is 85.1 cm³/mol. The van der Waals surface area contributed by atoms with Crippen molar-refractivity contribution in [1.82, 2.24) is 19.6 Å². The Balaban J connectivity index is 0.00000220. The SMILES string of the molecule is CC(C)Cn1cnc(S(=O)(=O)NCC2=CCNCC2)c1.Cl. The summed E-state index contributed by atoms with van der Waals surface area (Å²) in [5, 5.41) is 3.29. The third-order valence-corrected chi connectivity index (χ3v) is 4.39. The van der Waals surface area contributed by atoms with Crippen molar-refractivity contribution in [1.29, 1.82) is 0 Å². The number of hydrogen-bond donors (Lipinski definition) is 2. The molecule has 0 fully saturated rings. The van der Waals surface area contributed by atoms with Gasteiger partial charge in [0, 0.05) is 25.8 Å². The monoisotopic (exact) mass is 334 g/mol. The van der Waals surface area contributed by atoms with E-state index in [4.69, 9.17) is 0 Å². The molecule has 1 aliphatic rings. The summed E-state index contributed by atoms with van der Waals surface area (Å²) >= 11 is 0. The second-order valence-electron chi connectivity index (χ2n) is 5.44. The molecular weight excluding hydrogens is 312 g/mol. The third kappa shape index (κ3) is 5.43. The molecular formula is C13H23ClN4O2S. The van der Waals surface area contributed by atoms with E-state index in [1.54, 1.807) is 12.5 Å². The first kappa shape index (κ1) is 18.2. The first-order valence-corrected chi connectivity index (χ1v) is 8.36. The molecule has 0 aliphatic carbocycles. The van der Waals surface area contributed by atoms with Gasteiger partial charge in [0.1, 0.15) is 0 Å². The molecule has 0 saturated heterocycles. The molecule has 21 heavy (non-hydrogen) atoms. The Morgan fingerprint density at radius 3 is 2.86 bits per heavy atom. The number of imidazole rings is 1. The van der Waals surface area contributed by atoms with E-state index in [1.165, 1.54) is 0 Å². The molecule has 1 aliphatic heterocycles. The Hall–Kier alpha value is -0.890. The Bertz CT molecular complexity index is 581. The summed E-state index contributed by atoms with van der Waals surface area (Å²) in [5.41, 5.74) is 1.12. The van der Waals surface area contributed by atoms with E-state index in [2.05, 4.69) is 28.9 Å². The van der Waals surface area contributed by atoms with Gasteiger partial charge in [0.25, 0.3) is 10.0 Å². The van der Waals surface area contributed by atoms with Crippen LogP contribution < -0.4 is 10.0 Å². The molecule has 2 N–H and O–H groups in total. The van der Waals surface area contributed by atoms with E-state index in [-0.39, 0.29) is 17.4 Å². The summed E-state index contributed by atoms with van der Waals surface area (Å²) < 4.78 is 28.7. The van der Waals surface area contributed by atoms with Gasteiger partial charge in [0.15, 0.2) is 5.03 Å². The van der Waals surface area contributed by atoms with Gasteiger partial charge in [-0.15, -0.1) is 12.4 Å². The van der Waals surface area contributed by atoms with Crippen LogP contribution in [0.2, 0.25) is 0 Å². The van der Waals surface area contributed by atoms with Crippen molar-refractivity contribution in [2.75, 3.05) is 19.6 Å². The standard InChI is InChI=1S/C13H22N4O2S.ClH/c1-11(2)8-17-9-13(15-10-17)20(18,19)16-7-12-3-5-14-6-4-12;/h3,9-11,14,16H,4-8H2,1-2H3;1H. The van der Waals surface area contributed by atoms with Gasteiger partial charge in [-0.3, -0.25) is 0 Å². The average molecular weight is 335 g/mol. The Labute approximate surface area is 132 Å². The molecule has 0 unspecified atom stereocenters. The predicted octanol–water partition coefficient (Wildman–Crippen LogP) is 1.16. The minimum absolute atomic E-state index is 0. The molecule has 1 aromatic rings. The smallest absolute Gasteiger partial charge is 0.259 e. The number of nitrogens with one attached hydrogen (secondary N) is 2. The third-order valence-electron chi connectivity index (χ3n) is 3.11. The van der Waals surface area contributed by atoms with Crippen LogP contribution in [0.1, 0.15) is 20.3 Å². The molecule has 0 amide bonds. The van der Waals surface area contributed by atoms with Crippen molar-refractivity contribution < 1.29 is 8.42 Å². The number of halogens is 1. The summed E-state index contributed by atoms with van der Waals surface area (Å²) in [4.78, 5) is 3.99. The molecule has 0 spiro atoms. The van der Waals surface area contributed by atoms with Crippen molar-refractivity contribution in [3.63, 3.8) is 0 Å². The number of nitrogens with zero attached hydrogens (tertiary/aromatic N) is 2. The summed E-state index contributed by atoms with van der Waals surface area (Å²) in [6, 6.07) is 0. The number of hydrogen-bond acceptors (Lipinski definition) is 4. The van der Waals surface area contributed by atoms with E-state index < -0.39 is 10.0 Å². The van der Waals surface area contributed by atoms with Crippen LogP contribution in [0, 0.1) is 5.92 Å². The van der Waals surface area contributed by atoms with Crippen LogP contribution in [0.5, 0.6) is 0 Å². The van der Waals surface area contributed by atoms with Crippen LogP contribution >= 0.6 is 12.4 Å². The molecule has 0 radical (unpaired) electrons. The second-order valence-corrected chi connectivity index (χ2v) is 7.16. The molecule has 8 heteroatoms. The van der Waals surface area contributed by atoms with Crippen LogP contribution in [0.15, 0.2) is 29.2 Å². The molecule has 0 saturated carbocycles. The van der Waals surface area contributed by atoms with Crippen molar-refractivity contribution in [2.24, 2.45) is 5.92 Å². The van der Waals surface area contributed by atoms with E-state index in [9.17, 15) is 8.42 Å². The van der Waals surface area contributed by atoms with Crippen LogP contribution in [0.25, 0.3) is 0 Å². The van der Waals surface area contributed by atoms with Crippen LogP contribution in [0.4, 0.5) is 0 Å². The highest BCUT2D eigenvalue weighted by Gasteiger charge is 2.18. The van der Waals surface area contributed by atoms with Crippen molar-refractivity contribution in [2.45, 2.75) is 31.8 Å². The Morgan fingerprint density at radius 1 is 1.48 bits per heavy atom. The normalized spacial score (nSPS) is 15.7. The highest BCUT2D eigenvalue weighted by atomic mass is 35.5. The van der Waals surface area contributed by atoms with Crippen molar-refractivity contribution >= 4 is 22.4 Å². The average Bonchev–Trinajstić information content (AvgIpc) is 2.86. The summed E-state index contributed by atoms with van der Waals surface area (Å²) in [6.07, 6.45) is 6.06. The summed E-state index contributed by atoms with van der Waals surface area (Å²) in [6.45, 7) is 6.99. The lowest BCUT2D eigenvalue weighted by molar-refractivity contribution is 0.521. The van der Waals surface area contributed by atoms with Gasteiger partial charge in [0.2, 0.25) is 0 Å². The Kier molecular flexibility index (Phi) is 6.86. The van der Waals surface area contributed by atoms with E-state index in [0.29, 0.717) is 12.5 Å². The summed E-state index contributed by atoms with van der Waals surface area (Å²) in [5.74, 6) is 0.451. The molecule has 6 nitrogen and oxygen atoms in total. The van der Waals surface area contributed by atoms with Crippen LogP contribution in [-0.4, -0.2) is 37.6 Å². The van der Waals surface area contributed by atoms with Gasteiger partial charge in [-0.1, -0.05) is 25.5 Å². The van der Waals surface area contributed by atoms with E-state index >= 15 is 0 Å². The van der Waals surface area contributed by atoms with Crippen LogP contribution in [0.3, 0.4) is 0 Å². The van der Waals surface area contributed by atoms with Crippen LogP contribution in [-0.2, 0) is 16.6 Å². The topological polar surface area (TPSA) is 76.0 Å². The number of rotatable bonds is 6. The largest absolute Gasteiger partial charge is 0.336 e. The lowest BCUT2D eigenvalue weighted by atomic mass is 10.1. The fourth-order valence-corrected chi connectivity index (χ4v) is 3.07. The maximum absolute atomic E-state index is 12.1. The lowest BCUT2D eigenvalue weighted by Crippen LogP contribution is -2.29. The maximum Gasteiger partial charge on any atom is 0.259 e. The zero-order valence-corrected chi connectivity index (χ0v) is 14.0. The van der Waals surface area contributed by atoms with E-state index in [1.807, 2.05) is 10.6 Å². The Morgan fingerprint density at radius 2 is 2.24 bits per heavy atom. The van der Waals surface area contributed by atoms with Gasteiger partial charge in [-0.2, -0.15) is 0 Å². The van der Waals surface area contributed by atoms with Gasteiger partial charge in [-0.25, -0.2) is 18.1 Å². The fraction of sp³-hybridized carbons (Fsp3) is 0.615. The first-order chi connectivity index (χ1) is 9.47. The molecule has 2 heterocycles. The summed E-state index contributed by atoms with van der Waals surface area (Å²) in [7, 11) is -3.52. The first-order valence-electron chi connectivity index (χ1n) is 6.87. The molecule has 0 bridgehead atoms. The molecule has 120 valence electrons. The lowest BCUT2D eigenvalue weighted by Gasteiger charge is -2.14. The second kappa shape index (κ2) is 7.93. The van der Waals surface area contributed by atoms with Crippen molar-refractivity contribution in [3.8, 4) is 0 Å². The van der Waals surface area contributed by atoms with Gasteiger partial charge in [0.05, 0.1) is 6.33 Å². The maximum atomic E-state index is 12.1. The van der Waals surface area contributed by atoms with Gasteiger partial charge >= 0.3 is 0 Å². The minimum Gasteiger partial charge on any atom is -0.336 e. The highest BCUT2D eigenvalue weighted by Crippen LogP contribution is 2.09. The van der Waals surface area contributed by atoms with Crippen molar-refractivity contribution in [3.05, 3.63) is 24.2 Å². The van der Waals surface area contributed by atoms with E-state index in [0.717, 1.165) is 31.6 Å². The molecule has 0 aromatic carbocycles. The zero-order chi connectivity index (χ0) is 14.6. The quantitative estimate of drug-likeness (QED) is 0.765. The fourth-order valence-electron chi connectivity index (χ4n) is 2.09. The highest BCUT2D eigenvalue weighted by molar-refractivity contribution is 7.89. The number of sulfonamides is 1. The molecule has 0 atom stereocenters. The van der Waals surface area contributed by atoms with Gasteiger partial charge < -0.3 is 9.88 Å². The zero-order valence-electron chi connectivity index (χ0n) is 12.4. The molecule has 2 rings (SSSR count). The van der Waals surface area contributed by atoms with Gasteiger partial charge in [-0.05, 0) is 18.9 Å².